The molecule has 1 atom stereocenters. The Hall–Kier alpha value is -1.17. The van der Waals surface area contributed by atoms with E-state index >= 15 is 0 Å². The monoisotopic (exact) mass is 366 g/mol. The smallest absolute Gasteiger partial charge is 0.222 e. The fourth-order valence-corrected chi connectivity index (χ4v) is 4.63. The molecule has 3 saturated heterocycles. The summed E-state index contributed by atoms with van der Waals surface area (Å²) in [5.74, 6) is 0.451. The maximum atomic E-state index is 13.6. The van der Waals surface area contributed by atoms with E-state index in [-0.39, 0.29) is 16.4 Å². The van der Waals surface area contributed by atoms with E-state index in [1.807, 2.05) is 11.0 Å². The number of halogens is 2. The molecular formula is C19H24ClFN2O2. The van der Waals surface area contributed by atoms with Crippen molar-refractivity contribution in [3.05, 3.63) is 34.6 Å². The van der Waals surface area contributed by atoms with Gasteiger partial charge >= 0.3 is 0 Å². The molecule has 0 N–H and O–H groups in total. The van der Waals surface area contributed by atoms with Gasteiger partial charge in [-0.1, -0.05) is 17.7 Å². The van der Waals surface area contributed by atoms with Gasteiger partial charge in [0.05, 0.1) is 10.6 Å². The number of carbonyl (C=O) groups excluding carboxylic acids is 1. The number of benzene rings is 1. The Balaban J connectivity index is 1.30. The lowest BCUT2D eigenvalue weighted by atomic mass is 9.78. The number of ether oxygens (including phenoxy) is 1. The quantitative estimate of drug-likeness (QED) is 0.802. The lowest BCUT2D eigenvalue weighted by molar-refractivity contribution is -0.139. The first-order valence-corrected chi connectivity index (χ1v) is 9.52. The largest absolute Gasteiger partial charge is 0.372 e. The first-order valence-electron chi connectivity index (χ1n) is 9.14. The summed E-state index contributed by atoms with van der Waals surface area (Å²) in [6, 6.07) is 5.01. The average molecular weight is 367 g/mol. The van der Waals surface area contributed by atoms with Crippen molar-refractivity contribution in [2.24, 2.45) is 5.92 Å². The van der Waals surface area contributed by atoms with Crippen molar-refractivity contribution in [2.45, 2.75) is 37.8 Å². The van der Waals surface area contributed by atoms with Crippen LogP contribution >= 0.6 is 11.6 Å². The second kappa shape index (κ2) is 6.86. The van der Waals surface area contributed by atoms with E-state index in [0.717, 1.165) is 64.2 Å². The molecule has 0 radical (unpaired) electrons. The first-order chi connectivity index (χ1) is 12.1. The molecule has 1 aromatic rings. The average Bonchev–Trinajstić information content (AvgIpc) is 3.15. The minimum atomic E-state index is -0.361. The van der Waals surface area contributed by atoms with Crippen LogP contribution in [-0.4, -0.2) is 54.1 Å². The van der Waals surface area contributed by atoms with E-state index in [1.165, 1.54) is 6.07 Å². The number of likely N-dealkylation sites (tertiary alicyclic amines) is 2. The van der Waals surface area contributed by atoms with Gasteiger partial charge in [0.2, 0.25) is 5.91 Å². The minimum absolute atomic E-state index is 0.0618. The number of nitrogens with zero attached hydrogens (tertiary/aromatic N) is 2. The molecule has 1 spiro atoms. The molecule has 0 saturated carbocycles. The summed E-state index contributed by atoms with van der Waals surface area (Å²) < 4.78 is 19.7. The Morgan fingerprint density at radius 1 is 1.36 bits per heavy atom. The van der Waals surface area contributed by atoms with Crippen molar-refractivity contribution in [1.82, 2.24) is 9.80 Å². The lowest BCUT2D eigenvalue weighted by Crippen LogP contribution is -2.64. The van der Waals surface area contributed by atoms with Gasteiger partial charge in [-0.05, 0) is 42.9 Å². The van der Waals surface area contributed by atoms with Crippen molar-refractivity contribution in [1.29, 1.82) is 0 Å². The van der Waals surface area contributed by atoms with Crippen molar-refractivity contribution >= 4 is 17.5 Å². The Morgan fingerprint density at radius 3 is 2.92 bits per heavy atom. The summed E-state index contributed by atoms with van der Waals surface area (Å²) in [6.45, 7) is 5.06. The molecule has 1 aromatic carbocycles. The van der Waals surface area contributed by atoms with Gasteiger partial charge in [0.15, 0.2) is 0 Å². The van der Waals surface area contributed by atoms with Gasteiger partial charge in [0.25, 0.3) is 0 Å². The molecule has 3 aliphatic heterocycles. The van der Waals surface area contributed by atoms with Gasteiger partial charge in [-0.2, -0.15) is 0 Å². The van der Waals surface area contributed by atoms with Crippen molar-refractivity contribution in [2.75, 3.05) is 32.8 Å². The van der Waals surface area contributed by atoms with Crippen LogP contribution in [0.1, 0.15) is 31.2 Å². The highest BCUT2D eigenvalue weighted by atomic mass is 35.5. The van der Waals surface area contributed by atoms with E-state index in [0.29, 0.717) is 18.2 Å². The molecule has 0 unspecified atom stereocenters. The normalized spacial score (nSPS) is 25.8. The summed E-state index contributed by atoms with van der Waals surface area (Å²) >= 11 is 5.74. The molecule has 6 heteroatoms. The Bertz CT molecular complexity index is 663. The van der Waals surface area contributed by atoms with Gasteiger partial charge in [-0.3, -0.25) is 9.69 Å². The third-order valence-corrected chi connectivity index (χ3v) is 6.20. The van der Waals surface area contributed by atoms with Crippen LogP contribution in [0.4, 0.5) is 4.39 Å². The fourth-order valence-electron chi connectivity index (χ4n) is 4.51. The topological polar surface area (TPSA) is 32.8 Å². The summed E-state index contributed by atoms with van der Waals surface area (Å²) in [6.07, 6.45) is 3.80. The molecule has 136 valence electrons. The molecule has 0 aliphatic carbocycles. The molecule has 3 heterocycles. The molecular weight excluding hydrogens is 343 g/mol. The maximum absolute atomic E-state index is 13.6. The van der Waals surface area contributed by atoms with E-state index < -0.39 is 0 Å². The number of hydrogen-bond donors (Lipinski definition) is 0. The van der Waals surface area contributed by atoms with Crippen LogP contribution < -0.4 is 0 Å². The summed E-state index contributed by atoms with van der Waals surface area (Å²) in [5, 5.41) is 0.166. The van der Waals surface area contributed by atoms with Gasteiger partial charge in [-0.25, -0.2) is 4.39 Å². The summed E-state index contributed by atoms with van der Waals surface area (Å²) in [4.78, 5) is 16.1. The van der Waals surface area contributed by atoms with Crippen LogP contribution in [0.3, 0.4) is 0 Å². The Kier molecular flexibility index (Phi) is 4.73. The standard InChI is InChI=1S/C19H24ClFN2O2/c20-16-4-3-14(10-17(16)21)11-22-12-19(13-22)15(6-9-25-19)5-8-23-7-1-2-18(23)24/h3-4,10,15H,1-2,5-9,11-13H2/t15-/m0/s1. The first kappa shape index (κ1) is 17.3. The van der Waals surface area contributed by atoms with Crippen molar-refractivity contribution in [3.63, 3.8) is 0 Å². The van der Waals surface area contributed by atoms with Gasteiger partial charge in [0.1, 0.15) is 5.82 Å². The third kappa shape index (κ3) is 3.42. The third-order valence-electron chi connectivity index (χ3n) is 5.89. The number of hydrogen-bond acceptors (Lipinski definition) is 3. The predicted octanol–water partition coefficient (Wildman–Crippen LogP) is 3.08. The molecule has 4 nitrogen and oxygen atoms in total. The zero-order chi connectivity index (χ0) is 17.4. The van der Waals surface area contributed by atoms with Crippen LogP contribution in [0.25, 0.3) is 0 Å². The Labute approximate surface area is 152 Å². The van der Waals surface area contributed by atoms with Gasteiger partial charge in [0, 0.05) is 45.8 Å². The highest BCUT2D eigenvalue weighted by Gasteiger charge is 2.52. The van der Waals surface area contributed by atoms with Crippen LogP contribution in [0.15, 0.2) is 18.2 Å². The molecule has 3 fully saturated rings. The van der Waals surface area contributed by atoms with Gasteiger partial charge < -0.3 is 9.64 Å². The summed E-state index contributed by atoms with van der Waals surface area (Å²) in [7, 11) is 0. The molecule has 4 rings (SSSR count). The van der Waals surface area contributed by atoms with E-state index in [2.05, 4.69) is 4.90 Å². The van der Waals surface area contributed by atoms with Crippen LogP contribution in [0.2, 0.25) is 5.02 Å². The van der Waals surface area contributed by atoms with Crippen molar-refractivity contribution < 1.29 is 13.9 Å². The van der Waals surface area contributed by atoms with Crippen LogP contribution in [0, 0.1) is 11.7 Å². The fraction of sp³-hybridized carbons (Fsp3) is 0.632. The van der Waals surface area contributed by atoms with Crippen LogP contribution in [0.5, 0.6) is 0 Å². The maximum Gasteiger partial charge on any atom is 0.222 e. The molecule has 3 aliphatic rings. The zero-order valence-electron chi connectivity index (χ0n) is 14.3. The SMILES string of the molecule is O=C1CCCN1CC[C@H]1CCOC12CN(Cc1ccc(Cl)c(F)c1)C2. The van der Waals surface area contributed by atoms with Crippen molar-refractivity contribution in [3.8, 4) is 0 Å². The second-order valence-corrected chi connectivity index (χ2v) is 7.97. The van der Waals surface area contributed by atoms with Crippen LogP contribution in [-0.2, 0) is 16.1 Å². The van der Waals surface area contributed by atoms with Gasteiger partial charge in [-0.15, -0.1) is 0 Å². The molecule has 1 amide bonds. The highest BCUT2D eigenvalue weighted by Crippen LogP contribution is 2.42. The molecule has 0 aromatic heterocycles. The minimum Gasteiger partial charge on any atom is -0.372 e. The second-order valence-electron chi connectivity index (χ2n) is 7.57. The Morgan fingerprint density at radius 2 is 2.20 bits per heavy atom. The summed E-state index contributed by atoms with van der Waals surface area (Å²) in [5.41, 5.74) is 0.877. The number of carbonyl (C=O) groups is 1. The number of rotatable bonds is 5. The van der Waals surface area contributed by atoms with E-state index in [1.54, 1.807) is 6.07 Å². The lowest BCUT2D eigenvalue weighted by Gasteiger charge is -2.50. The molecule has 25 heavy (non-hydrogen) atoms. The highest BCUT2D eigenvalue weighted by molar-refractivity contribution is 6.30. The zero-order valence-corrected chi connectivity index (χ0v) is 15.1. The van der Waals surface area contributed by atoms with E-state index in [9.17, 15) is 9.18 Å². The van der Waals surface area contributed by atoms with E-state index in [4.69, 9.17) is 16.3 Å². The predicted molar refractivity (Wildman–Crippen MR) is 93.9 cm³/mol. The number of amides is 1. The molecule has 0 bridgehead atoms.